The molecule has 198 valence electrons. The van der Waals surface area contributed by atoms with Crippen LogP contribution >= 0.6 is 0 Å². The number of hydrogen-bond donors (Lipinski definition) is 2. The number of benzene rings is 2. The van der Waals surface area contributed by atoms with Gasteiger partial charge in [-0.1, -0.05) is 12.1 Å². The Bertz CT molecular complexity index is 1270. The van der Waals surface area contributed by atoms with Crippen molar-refractivity contribution in [3.8, 4) is 0 Å². The molecule has 2 aliphatic rings. The van der Waals surface area contributed by atoms with Crippen molar-refractivity contribution in [1.29, 1.82) is 0 Å². The zero-order valence-corrected chi connectivity index (χ0v) is 21.9. The van der Waals surface area contributed by atoms with Crippen LogP contribution in [-0.2, 0) is 11.3 Å². The number of hydrogen-bond acceptors (Lipinski definition) is 5. The van der Waals surface area contributed by atoms with Crippen molar-refractivity contribution in [2.75, 3.05) is 36.4 Å². The zero-order valence-electron chi connectivity index (χ0n) is 21.9. The smallest absolute Gasteiger partial charge is 0.251 e. The van der Waals surface area contributed by atoms with Crippen molar-refractivity contribution in [3.63, 3.8) is 0 Å². The average molecular weight is 516 g/mol. The Labute approximate surface area is 223 Å². The third kappa shape index (κ3) is 6.02. The molecule has 0 spiro atoms. The molecule has 2 unspecified atom stereocenters. The summed E-state index contributed by atoms with van der Waals surface area (Å²) in [6.45, 7) is 8.48. The highest BCUT2D eigenvalue weighted by atomic mass is 19.1. The second-order valence-electron chi connectivity index (χ2n) is 10.4. The van der Waals surface area contributed by atoms with Crippen LogP contribution < -0.4 is 15.5 Å². The molecule has 5 rings (SSSR count). The van der Waals surface area contributed by atoms with Gasteiger partial charge in [0.2, 0.25) is 5.91 Å². The van der Waals surface area contributed by atoms with Gasteiger partial charge >= 0.3 is 0 Å². The van der Waals surface area contributed by atoms with Gasteiger partial charge in [0.15, 0.2) is 0 Å². The summed E-state index contributed by atoms with van der Waals surface area (Å²) < 4.78 is 14.7. The van der Waals surface area contributed by atoms with Crippen LogP contribution in [-0.4, -0.2) is 53.9 Å². The number of halogens is 1. The van der Waals surface area contributed by atoms with Gasteiger partial charge in [0, 0.05) is 79.6 Å². The van der Waals surface area contributed by atoms with Crippen molar-refractivity contribution in [1.82, 2.24) is 15.2 Å². The normalized spacial score (nSPS) is 19.3. The Morgan fingerprint density at radius 1 is 1.05 bits per heavy atom. The molecule has 38 heavy (non-hydrogen) atoms. The largest absolute Gasteiger partial charge is 0.369 e. The van der Waals surface area contributed by atoms with E-state index in [0.717, 1.165) is 43.9 Å². The minimum absolute atomic E-state index is 0.0590. The summed E-state index contributed by atoms with van der Waals surface area (Å²) in [5, 5.41) is 5.60. The predicted molar refractivity (Wildman–Crippen MR) is 147 cm³/mol. The van der Waals surface area contributed by atoms with E-state index in [0.29, 0.717) is 22.9 Å². The molecule has 2 aromatic carbocycles. The third-order valence-electron chi connectivity index (χ3n) is 7.54. The first-order valence-corrected chi connectivity index (χ1v) is 13.3. The fourth-order valence-electron chi connectivity index (χ4n) is 5.05. The number of pyridine rings is 1. The van der Waals surface area contributed by atoms with Crippen LogP contribution in [0.5, 0.6) is 0 Å². The van der Waals surface area contributed by atoms with Crippen LogP contribution in [0.2, 0.25) is 0 Å². The molecular weight excluding hydrogens is 481 g/mol. The van der Waals surface area contributed by atoms with Crippen LogP contribution in [0.1, 0.15) is 47.7 Å². The van der Waals surface area contributed by atoms with Gasteiger partial charge < -0.3 is 15.5 Å². The second kappa shape index (κ2) is 11.3. The van der Waals surface area contributed by atoms with Crippen LogP contribution in [0.25, 0.3) is 0 Å². The van der Waals surface area contributed by atoms with E-state index >= 15 is 0 Å². The first-order chi connectivity index (χ1) is 18.4. The summed E-state index contributed by atoms with van der Waals surface area (Å²) in [5.74, 6) is -0.819. The number of carbonyl (C=O) groups excluding carboxylic acids is 2. The van der Waals surface area contributed by atoms with Gasteiger partial charge in [-0.05, 0) is 74.2 Å². The lowest BCUT2D eigenvalue weighted by Crippen LogP contribution is -2.48. The second-order valence-corrected chi connectivity index (χ2v) is 10.4. The first kappa shape index (κ1) is 25.9. The average Bonchev–Trinajstić information content (AvgIpc) is 3.75. The maximum atomic E-state index is 14.7. The molecule has 2 amide bonds. The van der Waals surface area contributed by atoms with E-state index in [4.69, 9.17) is 0 Å². The highest BCUT2D eigenvalue weighted by molar-refractivity contribution is 5.95. The van der Waals surface area contributed by atoms with Gasteiger partial charge in [-0.25, -0.2) is 4.39 Å². The third-order valence-corrected chi connectivity index (χ3v) is 7.54. The fourth-order valence-corrected chi connectivity index (χ4v) is 5.05. The number of carbonyl (C=O) groups is 2. The predicted octanol–water partition coefficient (Wildman–Crippen LogP) is 4.42. The van der Waals surface area contributed by atoms with Crippen LogP contribution in [0.15, 0.2) is 67.0 Å². The summed E-state index contributed by atoms with van der Waals surface area (Å²) >= 11 is 0. The molecule has 0 radical (unpaired) electrons. The zero-order chi connectivity index (χ0) is 26.6. The summed E-state index contributed by atoms with van der Waals surface area (Å²) in [7, 11) is 0. The topological polar surface area (TPSA) is 77.6 Å². The Morgan fingerprint density at radius 3 is 2.47 bits per heavy atom. The number of rotatable bonds is 8. The van der Waals surface area contributed by atoms with E-state index in [-0.39, 0.29) is 30.2 Å². The molecule has 8 heteroatoms. The van der Waals surface area contributed by atoms with E-state index in [2.05, 4.69) is 39.3 Å². The molecule has 1 aliphatic carbocycles. The number of nitrogens with one attached hydrogen (secondary N) is 2. The molecule has 1 aliphatic heterocycles. The highest BCUT2D eigenvalue weighted by Gasteiger charge is 2.44. The Kier molecular flexibility index (Phi) is 7.69. The van der Waals surface area contributed by atoms with Crippen molar-refractivity contribution < 1.29 is 14.0 Å². The minimum Gasteiger partial charge on any atom is -0.369 e. The van der Waals surface area contributed by atoms with Crippen LogP contribution in [0.4, 0.5) is 15.8 Å². The Morgan fingerprint density at radius 2 is 1.82 bits per heavy atom. The van der Waals surface area contributed by atoms with E-state index in [1.165, 1.54) is 6.07 Å². The summed E-state index contributed by atoms with van der Waals surface area (Å²) in [4.78, 5) is 34.1. The van der Waals surface area contributed by atoms with Crippen molar-refractivity contribution in [2.45, 2.75) is 38.8 Å². The van der Waals surface area contributed by atoms with E-state index in [1.807, 2.05) is 36.4 Å². The maximum Gasteiger partial charge on any atom is 0.251 e. The van der Waals surface area contributed by atoms with Gasteiger partial charge in [0.05, 0.1) is 0 Å². The van der Waals surface area contributed by atoms with Gasteiger partial charge in [-0.15, -0.1) is 0 Å². The van der Waals surface area contributed by atoms with Crippen molar-refractivity contribution in [2.24, 2.45) is 5.92 Å². The molecule has 7 nitrogen and oxygen atoms in total. The molecule has 3 aromatic rings. The first-order valence-electron chi connectivity index (χ1n) is 13.3. The van der Waals surface area contributed by atoms with Gasteiger partial charge in [-0.3, -0.25) is 19.5 Å². The molecule has 2 N–H and O–H groups in total. The molecule has 2 heterocycles. The Hall–Kier alpha value is -3.78. The molecule has 1 saturated heterocycles. The number of piperazine rings is 1. The lowest BCUT2D eigenvalue weighted by molar-refractivity contribution is -0.117. The quantitative estimate of drug-likeness (QED) is 0.464. The Balaban J connectivity index is 1.11. The number of anilines is 2. The van der Waals surface area contributed by atoms with E-state index < -0.39 is 5.82 Å². The summed E-state index contributed by atoms with van der Waals surface area (Å²) in [6.07, 6.45) is 4.25. The number of aromatic nitrogens is 1. The molecule has 2 atom stereocenters. The lowest BCUT2D eigenvalue weighted by Gasteiger charge is -2.38. The monoisotopic (exact) mass is 515 g/mol. The van der Waals surface area contributed by atoms with Crippen molar-refractivity contribution in [3.05, 3.63) is 89.5 Å². The van der Waals surface area contributed by atoms with Gasteiger partial charge in [0.1, 0.15) is 5.82 Å². The summed E-state index contributed by atoms with van der Waals surface area (Å²) in [5.41, 5.74) is 3.45. The van der Waals surface area contributed by atoms with Crippen LogP contribution in [0, 0.1) is 11.7 Å². The van der Waals surface area contributed by atoms with Crippen molar-refractivity contribution >= 4 is 23.2 Å². The fraction of sp³-hybridized carbons (Fsp3) is 0.367. The van der Waals surface area contributed by atoms with E-state index in [9.17, 15) is 14.0 Å². The molecule has 1 aromatic heterocycles. The maximum absolute atomic E-state index is 14.7. The summed E-state index contributed by atoms with van der Waals surface area (Å²) in [6, 6.07) is 16.5. The van der Waals surface area contributed by atoms with Gasteiger partial charge in [0.25, 0.3) is 5.91 Å². The molecule has 1 saturated carbocycles. The number of nitrogens with zero attached hydrogens (tertiary/aromatic N) is 3. The molecule has 0 bridgehead atoms. The van der Waals surface area contributed by atoms with Gasteiger partial charge in [-0.2, -0.15) is 0 Å². The minimum atomic E-state index is -0.474. The lowest BCUT2D eigenvalue weighted by atomic mass is 10.1. The standard InChI is InChI=1S/C30H34FN5O2/c1-20(2)35-12-14-36(15-13-35)25-9-6-21(7-10-25)29(37)33-19-23-5-8-24(16-28(23)31)34-30(38)27-17-26(27)22-4-3-11-32-18-22/h3-11,16,18,20,26-27H,12-15,17,19H2,1-2H3,(H,33,37)(H,34,38). The highest BCUT2D eigenvalue weighted by Crippen LogP contribution is 2.47. The number of amides is 2. The van der Waals surface area contributed by atoms with E-state index in [1.54, 1.807) is 24.5 Å². The van der Waals surface area contributed by atoms with Crippen LogP contribution in [0.3, 0.4) is 0 Å². The molecule has 2 fully saturated rings. The molecular formula is C30H34FN5O2. The SMILES string of the molecule is CC(C)N1CCN(c2ccc(C(=O)NCc3ccc(NC(=O)C4CC4c4cccnc4)cc3F)cc2)CC1.